The number of hydrogen-bond donors (Lipinski definition) is 2. The van der Waals surface area contributed by atoms with Gasteiger partial charge in [-0.05, 0) is 18.6 Å². The van der Waals surface area contributed by atoms with Gasteiger partial charge in [0, 0.05) is 12.4 Å². The smallest absolute Gasteiger partial charge is 0.268 e. The third-order valence-corrected chi connectivity index (χ3v) is 3.32. The van der Waals surface area contributed by atoms with E-state index in [2.05, 4.69) is 20.1 Å². The minimum absolute atomic E-state index is 0.441. The van der Waals surface area contributed by atoms with Crippen molar-refractivity contribution in [3.63, 3.8) is 0 Å². The van der Waals surface area contributed by atoms with Crippen LogP contribution in [0.5, 0.6) is 0 Å². The Hall–Kier alpha value is -2.15. The molecular weight excluding hydrogens is 238 g/mol. The van der Waals surface area contributed by atoms with Gasteiger partial charge < -0.3 is 15.2 Å². The van der Waals surface area contributed by atoms with Gasteiger partial charge in [-0.1, -0.05) is 5.16 Å². The Morgan fingerprint density at radius 3 is 3.00 bits per heavy atom. The first-order valence-electron chi connectivity index (χ1n) is 4.94. The molecule has 3 N–H and O–H groups in total. The van der Waals surface area contributed by atoms with Gasteiger partial charge in [-0.25, -0.2) is 4.98 Å². The van der Waals surface area contributed by atoms with Crippen molar-refractivity contribution in [3.8, 4) is 22.4 Å². The summed E-state index contributed by atoms with van der Waals surface area (Å²) in [6.07, 6.45) is 3.35. The van der Waals surface area contributed by atoms with E-state index in [1.165, 1.54) is 11.3 Å². The maximum absolute atomic E-state index is 5.73. The van der Waals surface area contributed by atoms with Crippen molar-refractivity contribution >= 4 is 16.3 Å². The highest BCUT2D eigenvalue weighted by atomic mass is 32.1. The topological polar surface area (TPSA) is 93.6 Å². The molecule has 0 atom stereocenters. The summed E-state index contributed by atoms with van der Waals surface area (Å²) in [6.45, 7) is 1.96. The van der Waals surface area contributed by atoms with Crippen LogP contribution in [0.1, 0.15) is 5.56 Å². The number of aromatic amines is 1. The molecule has 0 aliphatic rings. The molecule has 6 nitrogen and oxygen atoms in total. The van der Waals surface area contributed by atoms with Gasteiger partial charge in [0.05, 0.1) is 9.88 Å². The van der Waals surface area contributed by atoms with E-state index in [0.717, 1.165) is 15.4 Å². The van der Waals surface area contributed by atoms with Crippen molar-refractivity contribution in [2.45, 2.75) is 6.92 Å². The highest BCUT2D eigenvalue weighted by molar-refractivity contribution is 7.19. The molecule has 3 rings (SSSR count). The molecule has 0 amide bonds. The second kappa shape index (κ2) is 3.70. The first kappa shape index (κ1) is 10.0. The van der Waals surface area contributed by atoms with Crippen molar-refractivity contribution < 1.29 is 4.52 Å². The van der Waals surface area contributed by atoms with Gasteiger partial charge in [0.2, 0.25) is 5.82 Å². The minimum atomic E-state index is 0.441. The number of nitrogens with two attached hydrogens (primary N) is 1. The average molecular weight is 247 g/mol. The van der Waals surface area contributed by atoms with E-state index in [-0.39, 0.29) is 0 Å². The average Bonchev–Trinajstić information content (AvgIpc) is 2.97. The minimum Gasteiger partial charge on any atom is -0.391 e. The Labute approximate surface area is 101 Å². The van der Waals surface area contributed by atoms with Crippen LogP contribution >= 0.6 is 11.3 Å². The molecule has 0 aromatic carbocycles. The molecule has 0 fully saturated rings. The summed E-state index contributed by atoms with van der Waals surface area (Å²) >= 11 is 1.43. The fraction of sp³-hybridized carbons (Fsp3) is 0.100. The van der Waals surface area contributed by atoms with Gasteiger partial charge in [-0.15, -0.1) is 11.3 Å². The second-order valence-corrected chi connectivity index (χ2v) is 4.61. The third kappa shape index (κ3) is 1.70. The molecule has 3 aromatic rings. The Bertz CT molecular complexity index is 640. The van der Waals surface area contributed by atoms with Gasteiger partial charge in [0.15, 0.2) is 5.82 Å². The fourth-order valence-corrected chi connectivity index (χ4v) is 2.38. The number of nitrogens with zero attached hydrogens (tertiary/aromatic N) is 3. The zero-order valence-corrected chi connectivity index (χ0v) is 9.78. The second-order valence-electron chi connectivity index (χ2n) is 3.52. The normalized spacial score (nSPS) is 10.9. The number of thiophene rings is 1. The Balaban J connectivity index is 2.03. The van der Waals surface area contributed by atoms with E-state index in [4.69, 9.17) is 10.3 Å². The number of imidazole rings is 1. The Morgan fingerprint density at radius 2 is 2.35 bits per heavy atom. The zero-order valence-electron chi connectivity index (χ0n) is 8.97. The summed E-state index contributed by atoms with van der Waals surface area (Å²) in [6, 6.07) is 1.89. The van der Waals surface area contributed by atoms with Gasteiger partial charge in [0.1, 0.15) is 0 Å². The standard InChI is InChI=1S/C10H9N5OS/c1-5-4-6(11)17-7(5)10-14-9(15-16-10)8-12-2-3-13-8/h2-4H,11H2,1H3,(H,12,13). The number of H-pyrrole nitrogens is 1. The van der Waals surface area contributed by atoms with E-state index in [1.54, 1.807) is 12.4 Å². The molecular formula is C10H9N5OS. The van der Waals surface area contributed by atoms with Crippen LogP contribution < -0.4 is 5.73 Å². The highest BCUT2D eigenvalue weighted by Crippen LogP contribution is 2.33. The number of anilines is 1. The van der Waals surface area contributed by atoms with Crippen LogP contribution in [0, 0.1) is 6.92 Å². The van der Waals surface area contributed by atoms with Crippen LogP contribution in [0.15, 0.2) is 23.0 Å². The molecule has 0 saturated heterocycles. The molecule has 86 valence electrons. The number of rotatable bonds is 2. The van der Waals surface area contributed by atoms with E-state index in [0.29, 0.717) is 17.5 Å². The summed E-state index contributed by atoms with van der Waals surface area (Å²) in [5, 5.41) is 4.60. The molecule has 0 aliphatic heterocycles. The first-order chi connectivity index (χ1) is 8.24. The van der Waals surface area contributed by atoms with Gasteiger partial charge >= 0.3 is 0 Å². The zero-order chi connectivity index (χ0) is 11.8. The molecule has 0 aliphatic carbocycles. The Kier molecular flexibility index (Phi) is 2.19. The van der Waals surface area contributed by atoms with Crippen LogP contribution in [-0.2, 0) is 0 Å². The van der Waals surface area contributed by atoms with Crippen molar-refractivity contribution in [2.24, 2.45) is 0 Å². The summed E-state index contributed by atoms with van der Waals surface area (Å²) in [5.74, 6) is 1.49. The Morgan fingerprint density at radius 1 is 1.47 bits per heavy atom. The van der Waals surface area contributed by atoms with Gasteiger partial charge in [0.25, 0.3) is 5.89 Å². The predicted octanol–water partition coefficient (Wildman–Crippen LogP) is 2.08. The largest absolute Gasteiger partial charge is 0.391 e. The number of aryl methyl sites for hydroxylation is 1. The summed E-state index contributed by atoms with van der Waals surface area (Å²) in [5.41, 5.74) is 6.76. The highest BCUT2D eigenvalue weighted by Gasteiger charge is 2.15. The van der Waals surface area contributed by atoms with Crippen LogP contribution in [-0.4, -0.2) is 20.1 Å². The quantitative estimate of drug-likeness (QED) is 0.723. The van der Waals surface area contributed by atoms with Crippen LogP contribution in [0.4, 0.5) is 5.00 Å². The number of nitrogen functional groups attached to an aromatic ring is 1. The maximum atomic E-state index is 5.73. The number of nitrogens with one attached hydrogen (secondary N) is 1. The first-order valence-corrected chi connectivity index (χ1v) is 5.75. The molecule has 0 bridgehead atoms. The van der Waals surface area contributed by atoms with Crippen LogP contribution in [0.3, 0.4) is 0 Å². The molecule has 0 saturated carbocycles. The maximum Gasteiger partial charge on any atom is 0.268 e. The van der Waals surface area contributed by atoms with Crippen molar-refractivity contribution in [3.05, 3.63) is 24.0 Å². The van der Waals surface area contributed by atoms with E-state index >= 15 is 0 Å². The van der Waals surface area contributed by atoms with Crippen molar-refractivity contribution in [1.82, 2.24) is 20.1 Å². The van der Waals surface area contributed by atoms with E-state index in [9.17, 15) is 0 Å². The lowest BCUT2D eigenvalue weighted by atomic mass is 10.3. The lowest BCUT2D eigenvalue weighted by Crippen LogP contribution is -1.82. The van der Waals surface area contributed by atoms with Gasteiger partial charge in [-0.2, -0.15) is 4.98 Å². The summed E-state index contributed by atoms with van der Waals surface area (Å²) in [7, 11) is 0. The molecule has 0 unspecified atom stereocenters. The van der Waals surface area contributed by atoms with Crippen molar-refractivity contribution in [2.75, 3.05) is 5.73 Å². The molecule has 17 heavy (non-hydrogen) atoms. The summed E-state index contributed by atoms with van der Waals surface area (Å²) in [4.78, 5) is 12.2. The van der Waals surface area contributed by atoms with Gasteiger partial charge in [-0.3, -0.25) is 0 Å². The van der Waals surface area contributed by atoms with E-state index < -0.39 is 0 Å². The molecule has 3 aromatic heterocycles. The van der Waals surface area contributed by atoms with Crippen molar-refractivity contribution in [1.29, 1.82) is 0 Å². The van der Waals surface area contributed by atoms with Crippen LogP contribution in [0.2, 0.25) is 0 Å². The predicted molar refractivity (Wildman–Crippen MR) is 64.3 cm³/mol. The van der Waals surface area contributed by atoms with E-state index in [1.807, 2.05) is 13.0 Å². The molecule has 0 radical (unpaired) electrons. The monoisotopic (exact) mass is 247 g/mol. The fourth-order valence-electron chi connectivity index (χ4n) is 1.52. The number of aromatic nitrogens is 4. The molecule has 3 heterocycles. The number of hydrogen-bond acceptors (Lipinski definition) is 6. The lowest BCUT2D eigenvalue weighted by molar-refractivity contribution is 0.432. The molecule has 0 spiro atoms. The lowest BCUT2D eigenvalue weighted by Gasteiger charge is -1.88. The van der Waals surface area contributed by atoms with Crippen LogP contribution in [0.25, 0.3) is 22.4 Å². The summed E-state index contributed by atoms with van der Waals surface area (Å²) < 4.78 is 5.20. The SMILES string of the molecule is Cc1cc(N)sc1-c1nc(-c2ncc[nH]2)no1. The third-order valence-electron chi connectivity index (χ3n) is 2.27. The molecule has 7 heteroatoms.